The van der Waals surface area contributed by atoms with E-state index in [9.17, 15) is 0 Å². The molecule has 0 heterocycles. The summed E-state index contributed by atoms with van der Waals surface area (Å²) < 4.78 is 15.4. The van der Waals surface area contributed by atoms with Gasteiger partial charge >= 0.3 is 0 Å². The molecule has 0 saturated carbocycles. The van der Waals surface area contributed by atoms with E-state index >= 15 is 4.57 Å². The third-order valence-corrected chi connectivity index (χ3v) is 9.65. The van der Waals surface area contributed by atoms with Gasteiger partial charge in [0.1, 0.15) is 0 Å². The highest BCUT2D eigenvalue weighted by molar-refractivity contribution is 7.85. The van der Waals surface area contributed by atoms with Gasteiger partial charge in [0, 0.05) is 21.5 Å². The van der Waals surface area contributed by atoms with Gasteiger partial charge in [-0.2, -0.15) is 0 Å². The normalized spacial score (nSPS) is 11.6. The summed E-state index contributed by atoms with van der Waals surface area (Å²) in [5.74, 6) is 0. The topological polar surface area (TPSA) is 17.1 Å². The van der Waals surface area contributed by atoms with Crippen molar-refractivity contribution in [2.45, 2.75) is 0 Å². The van der Waals surface area contributed by atoms with E-state index < -0.39 is 7.14 Å². The molecule has 6 aromatic carbocycles. The zero-order chi connectivity index (χ0) is 23.0. The maximum absolute atomic E-state index is 15.4. The quantitative estimate of drug-likeness (QED) is 0.256. The maximum atomic E-state index is 15.4. The Bertz CT molecular complexity index is 1620. The first-order valence-corrected chi connectivity index (χ1v) is 13.2. The van der Waals surface area contributed by atoms with Crippen LogP contribution in [-0.2, 0) is 4.57 Å². The van der Waals surface area contributed by atoms with Crippen LogP contribution in [0.25, 0.3) is 32.7 Å². The van der Waals surface area contributed by atoms with Crippen LogP contribution in [0.4, 0.5) is 0 Å². The minimum Gasteiger partial charge on any atom is -0.309 e. The van der Waals surface area contributed by atoms with Crippen LogP contribution in [0.1, 0.15) is 0 Å². The first kappa shape index (κ1) is 20.7. The average Bonchev–Trinajstić information content (AvgIpc) is 2.92. The third kappa shape index (κ3) is 3.29. The highest BCUT2D eigenvalue weighted by Gasteiger charge is 2.33. The molecule has 0 aliphatic heterocycles. The van der Waals surface area contributed by atoms with Gasteiger partial charge in [0.05, 0.1) is 0 Å². The maximum Gasteiger partial charge on any atom is 0.171 e. The van der Waals surface area contributed by atoms with Crippen molar-refractivity contribution in [3.8, 4) is 11.1 Å². The largest absolute Gasteiger partial charge is 0.309 e. The van der Waals surface area contributed by atoms with Crippen molar-refractivity contribution in [2.24, 2.45) is 0 Å². The molecule has 0 spiro atoms. The van der Waals surface area contributed by atoms with E-state index in [1.165, 1.54) is 5.39 Å². The minimum absolute atomic E-state index is 0.845. The number of hydrogen-bond acceptors (Lipinski definition) is 1. The number of hydrogen-bond donors (Lipinski definition) is 0. The van der Waals surface area contributed by atoms with E-state index in [1.807, 2.05) is 60.7 Å². The van der Waals surface area contributed by atoms with E-state index in [1.54, 1.807) is 0 Å². The minimum atomic E-state index is -3.16. The predicted molar refractivity (Wildman–Crippen MR) is 146 cm³/mol. The van der Waals surface area contributed by atoms with Crippen molar-refractivity contribution < 1.29 is 4.57 Å². The lowest BCUT2D eigenvalue weighted by atomic mass is 9.94. The van der Waals surface area contributed by atoms with E-state index in [-0.39, 0.29) is 0 Å². The Balaban J connectivity index is 1.79. The molecule has 0 fully saturated rings. The Morgan fingerprint density at radius 1 is 0.412 bits per heavy atom. The van der Waals surface area contributed by atoms with Crippen molar-refractivity contribution in [3.63, 3.8) is 0 Å². The molecule has 6 rings (SSSR count). The zero-order valence-corrected chi connectivity index (χ0v) is 19.5. The molecule has 0 atom stereocenters. The van der Waals surface area contributed by atoms with Crippen LogP contribution in [0.15, 0.2) is 140 Å². The van der Waals surface area contributed by atoms with Crippen molar-refractivity contribution in [1.82, 2.24) is 0 Å². The van der Waals surface area contributed by atoms with E-state index in [2.05, 4.69) is 78.9 Å². The van der Waals surface area contributed by atoms with Gasteiger partial charge in [0.15, 0.2) is 7.14 Å². The molecule has 0 saturated heterocycles. The summed E-state index contributed by atoms with van der Waals surface area (Å²) >= 11 is 0. The monoisotopic (exact) mass is 454 g/mol. The third-order valence-electron chi connectivity index (χ3n) is 6.54. The molecule has 0 bridgehead atoms. The lowest BCUT2D eigenvalue weighted by Crippen LogP contribution is -2.26. The van der Waals surface area contributed by atoms with Gasteiger partial charge in [-0.05, 0) is 33.2 Å². The Labute approximate surface area is 199 Å². The summed E-state index contributed by atoms with van der Waals surface area (Å²) in [6.07, 6.45) is 0. The van der Waals surface area contributed by atoms with E-state index in [4.69, 9.17) is 0 Å². The van der Waals surface area contributed by atoms with Crippen LogP contribution in [-0.4, -0.2) is 0 Å². The zero-order valence-electron chi connectivity index (χ0n) is 18.6. The van der Waals surface area contributed by atoms with Crippen LogP contribution >= 0.6 is 7.14 Å². The molecule has 34 heavy (non-hydrogen) atoms. The van der Waals surface area contributed by atoms with Crippen molar-refractivity contribution >= 4 is 44.6 Å². The summed E-state index contributed by atoms with van der Waals surface area (Å²) in [7, 11) is -3.16. The number of benzene rings is 6. The lowest BCUT2D eigenvalue weighted by molar-refractivity contribution is 0.592. The Hall–Kier alpha value is -3.93. The molecule has 0 aromatic heterocycles. The molecular formula is C32H23OP. The van der Waals surface area contributed by atoms with Gasteiger partial charge < -0.3 is 4.57 Å². The molecule has 0 unspecified atom stereocenters. The molecule has 162 valence electrons. The van der Waals surface area contributed by atoms with Gasteiger partial charge in [0.2, 0.25) is 0 Å². The molecular weight excluding hydrogens is 431 g/mol. The predicted octanol–water partition coefficient (Wildman–Crippen LogP) is 7.30. The van der Waals surface area contributed by atoms with Crippen molar-refractivity contribution in [3.05, 3.63) is 140 Å². The smallest absolute Gasteiger partial charge is 0.171 e. The fourth-order valence-electron chi connectivity index (χ4n) is 4.95. The highest BCUT2D eigenvalue weighted by Crippen LogP contribution is 2.47. The summed E-state index contributed by atoms with van der Waals surface area (Å²) in [5, 5.41) is 7.16. The van der Waals surface area contributed by atoms with Crippen LogP contribution in [0, 0.1) is 0 Å². The molecule has 0 aliphatic rings. The molecule has 0 amide bonds. The Kier molecular flexibility index (Phi) is 5.13. The van der Waals surface area contributed by atoms with Gasteiger partial charge in [-0.25, -0.2) is 0 Å². The first-order chi connectivity index (χ1) is 16.8. The standard InChI is InChI=1S/C32H23OP/c33-34(26-15-3-1-4-16-26,27-17-5-2-6-18-27)31-23-22-25-13-8-10-20-29(25)32(31)30-21-11-14-24-12-7-9-19-28(24)30/h1-23H. The fraction of sp³-hybridized carbons (Fsp3) is 0. The molecule has 0 radical (unpaired) electrons. The summed E-state index contributed by atoms with van der Waals surface area (Å²) in [6, 6.07) is 47.3. The summed E-state index contributed by atoms with van der Waals surface area (Å²) in [6.45, 7) is 0. The Morgan fingerprint density at radius 3 is 1.56 bits per heavy atom. The van der Waals surface area contributed by atoms with Gasteiger partial charge in [-0.1, -0.05) is 133 Å². The summed E-state index contributed by atoms with van der Waals surface area (Å²) in [5.41, 5.74) is 2.16. The highest BCUT2D eigenvalue weighted by atomic mass is 31.2. The van der Waals surface area contributed by atoms with Gasteiger partial charge in [0.25, 0.3) is 0 Å². The van der Waals surface area contributed by atoms with Crippen LogP contribution in [0.3, 0.4) is 0 Å². The fourth-order valence-corrected chi connectivity index (χ4v) is 7.83. The second kappa shape index (κ2) is 8.45. The average molecular weight is 455 g/mol. The Morgan fingerprint density at radius 2 is 0.912 bits per heavy atom. The number of rotatable bonds is 4. The van der Waals surface area contributed by atoms with E-state index in [0.717, 1.165) is 43.2 Å². The van der Waals surface area contributed by atoms with Crippen molar-refractivity contribution in [2.75, 3.05) is 0 Å². The van der Waals surface area contributed by atoms with Gasteiger partial charge in [-0.3, -0.25) is 0 Å². The van der Waals surface area contributed by atoms with Crippen LogP contribution in [0.2, 0.25) is 0 Å². The molecule has 2 heteroatoms. The van der Waals surface area contributed by atoms with Crippen molar-refractivity contribution in [1.29, 1.82) is 0 Å². The van der Waals surface area contributed by atoms with E-state index in [0.29, 0.717) is 0 Å². The lowest BCUT2D eigenvalue weighted by Gasteiger charge is -2.24. The molecule has 6 aromatic rings. The summed E-state index contributed by atoms with van der Waals surface area (Å²) in [4.78, 5) is 0. The SMILES string of the molecule is O=P(c1ccccc1)(c1ccccc1)c1ccc2ccccc2c1-c1cccc2ccccc12. The second-order valence-corrected chi connectivity index (χ2v) is 11.2. The first-order valence-electron chi connectivity index (χ1n) is 11.5. The molecule has 0 aliphatic carbocycles. The molecule has 0 N–H and O–H groups in total. The van der Waals surface area contributed by atoms with Gasteiger partial charge in [-0.15, -0.1) is 0 Å². The molecule has 1 nitrogen and oxygen atoms in total. The number of fused-ring (bicyclic) bond motifs is 2. The van der Waals surface area contributed by atoms with Crippen LogP contribution < -0.4 is 15.9 Å². The second-order valence-electron chi connectivity index (χ2n) is 8.49. The van der Waals surface area contributed by atoms with Crippen LogP contribution in [0.5, 0.6) is 0 Å².